The highest BCUT2D eigenvalue weighted by Gasteiger charge is 2.25. The number of rotatable bonds is 6. The van der Waals surface area contributed by atoms with E-state index < -0.39 is 0 Å². The molecule has 0 saturated heterocycles. The van der Waals surface area contributed by atoms with Gasteiger partial charge in [0.05, 0.1) is 33.5 Å². The van der Waals surface area contributed by atoms with Crippen molar-refractivity contribution in [2.75, 3.05) is 5.32 Å². The molecule has 300 valence electrons. The fourth-order valence-corrected chi connectivity index (χ4v) is 10.2. The first-order valence-electron chi connectivity index (χ1n) is 22.0. The second kappa shape index (κ2) is 14.6. The van der Waals surface area contributed by atoms with E-state index in [2.05, 4.69) is 245 Å². The van der Waals surface area contributed by atoms with Crippen LogP contribution in [0.1, 0.15) is 22.9 Å². The molecule has 0 aliphatic carbocycles. The predicted octanol–water partition coefficient (Wildman–Crippen LogP) is 15.3. The summed E-state index contributed by atoms with van der Waals surface area (Å²) in [5.74, 6) is 0. The molecule has 0 amide bonds. The first kappa shape index (κ1) is 36.2. The summed E-state index contributed by atoms with van der Waals surface area (Å²) in [6.07, 6.45) is -0.245. The van der Waals surface area contributed by atoms with E-state index in [9.17, 15) is 0 Å². The van der Waals surface area contributed by atoms with Crippen molar-refractivity contribution in [1.29, 1.82) is 0 Å². The smallest absolute Gasteiger partial charge is 0.145 e. The molecule has 1 aliphatic rings. The Morgan fingerprint density at radius 3 is 1.73 bits per heavy atom. The molecule has 0 saturated carbocycles. The SMILES string of the molecule is c1ccc(-c2ccc(C3N=C(c4ccc(-n5c6ccccc6c6cc(-c7cccc8c7c7ccccc7n8-c7ccccc7)ccc65)cc4)c4ccc5ccccc5c4N3)cc2)cc1. The van der Waals surface area contributed by atoms with Crippen molar-refractivity contribution in [2.45, 2.75) is 6.17 Å². The topological polar surface area (TPSA) is 34.2 Å². The van der Waals surface area contributed by atoms with E-state index >= 15 is 0 Å². The van der Waals surface area contributed by atoms with Crippen LogP contribution in [0, 0.1) is 0 Å². The number of hydrogen-bond donors (Lipinski definition) is 1. The summed E-state index contributed by atoms with van der Waals surface area (Å²) >= 11 is 0. The zero-order valence-corrected chi connectivity index (χ0v) is 34.9. The average Bonchev–Trinajstić information content (AvgIpc) is 3.89. The molecule has 12 aromatic rings. The number of aliphatic imine (C=N–C) groups is 1. The summed E-state index contributed by atoms with van der Waals surface area (Å²) in [7, 11) is 0. The Labute approximate surface area is 370 Å². The number of benzene rings is 10. The van der Waals surface area contributed by atoms with Gasteiger partial charge in [0.1, 0.15) is 6.17 Å². The largest absolute Gasteiger partial charge is 0.359 e. The molecule has 2 aromatic heterocycles. The van der Waals surface area contributed by atoms with E-state index in [4.69, 9.17) is 4.99 Å². The van der Waals surface area contributed by atoms with Crippen molar-refractivity contribution < 1.29 is 0 Å². The molecule has 1 atom stereocenters. The maximum atomic E-state index is 5.46. The Kier molecular flexibility index (Phi) is 8.25. The summed E-state index contributed by atoms with van der Waals surface area (Å²) in [6.45, 7) is 0. The lowest BCUT2D eigenvalue weighted by atomic mass is 9.93. The number of anilines is 1. The molecule has 0 bridgehead atoms. The monoisotopic (exact) mass is 816 g/mol. The fourth-order valence-electron chi connectivity index (χ4n) is 10.2. The van der Waals surface area contributed by atoms with Gasteiger partial charge < -0.3 is 14.5 Å². The van der Waals surface area contributed by atoms with Gasteiger partial charge in [-0.1, -0.05) is 176 Å². The highest BCUT2D eigenvalue weighted by Crippen LogP contribution is 2.42. The van der Waals surface area contributed by atoms with Crippen LogP contribution in [0.2, 0.25) is 0 Å². The summed E-state index contributed by atoms with van der Waals surface area (Å²) < 4.78 is 4.80. The van der Waals surface area contributed by atoms with Crippen molar-refractivity contribution >= 4 is 65.8 Å². The molecular formula is C60H40N4. The lowest BCUT2D eigenvalue weighted by Gasteiger charge is -2.28. The molecule has 64 heavy (non-hydrogen) atoms. The minimum Gasteiger partial charge on any atom is -0.359 e. The van der Waals surface area contributed by atoms with Crippen molar-refractivity contribution in [3.63, 3.8) is 0 Å². The Bertz CT molecular complexity index is 3780. The van der Waals surface area contributed by atoms with Crippen LogP contribution in [0.4, 0.5) is 5.69 Å². The van der Waals surface area contributed by atoms with Crippen LogP contribution in [0.25, 0.3) is 88.0 Å². The minimum atomic E-state index is -0.245. The quantitative estimate of drug-likeness (QED) is 0.178. The summed E-state index contributed by atoms with van der Waals surface area (Å²) in [5.41, 5.74) is 17.3. The van der Waals surface area contributed by atoms with Crippen LogP contribution >= 0.6 is 0 Å². The Hall–Kier alpha value is -8.47. The highest BCUT2D eigenvalue weighted by molar-refractivity contribution is 6.21. The molecule has 0 radical (unpaired) electrons. The van der Waals surface area contributed by atoms with Gasteiger partial charge in [0.15, 0.2) is 0 Å². The Morgan fingerprint density at radius 2 is 0.938 bits per heavy atom. The molecule has 0 spiro atoms. The average molecular weight is 817 g/mol. The third kappa shape index (κ3) is 5.73. The number of nitrogens with one attached hydrogen (secondary N) is 1. The van der Waals surface area contributed by atoms with Gasteiger partial charge in [-0.15, -0.1) is 0 Å². The zero-order chi connectivity index (χ0) is 42.1. The van der Waals surface area contributed by atoms with E-state index in [0.29, 0.717) is 0 Å². The van der Waals surface area contributed by atoms with Gasteiger partial charge in [-0.2, -0.15) is 0 Å². The number of para-hydroxylation sites is 3. The lowest BCUT2D eigenvalue weighted by Crippen LogP contribution is -2.21. The van der Waals surface area contributed by atoms with Crippen LogP contribution in [-0.2, 0) is 0 Å². The third-order valence-electron chi connectivity index (χ3n) is 13.2. The van der Waals surface area contributed by atoms with Crippen LogP contribution in [0.3, 0.4) is 0 Å². The highest BCUT2D eigenvalue weighted by atomic mass is 15.1. The number of hydrogen-bond acceptors (Lipinski definition) is 2. The maximum absolute atomic E-state index is 5.46. The fraction of sp³-hybridized carbons (Fsp3) is 0.0167. The van der Waals surface area contributed by atoms with E-state index in [0.717, 1.165) is 39.5 Å². The first-order valence-corrected chi connectivity index (χ1v) is 22.0. The van der Waals surface area contributed by atoms with Crippen LogP contribution in [0.15, 0.2) is 236 Å². The third-order valence-corrected chi connectivity index (χ3v) is 13.2. The van der Waals surface area contributed by atoms with E-state index in [-0.39, 0.29) is 6.17 Å². The number of fused-ring (bicyclic) bond motifs is 9. The molecule has 1 N–H and O–H groups in total. The van der Waals surface area contributed by atoms with E-state index in [1.165, 1.54) is 76.6 Å². The second-order valence-corrected chi connectivity index (χ2v) is 16.7. The van der Waals surface area contributed by atoms with Gasteiger partial charge in [-0.3, -0.25) is 4.99 Å². The summed E-state index contributed by atoms with van der Waals surface area (Å²) in [6, 6.07) is 83.4. The summed E-state index contributed by atoms with van der Waals surface area (Å²) in [4.78, 5) is 5.46. The van der Waals surface area contributed by atoms with Crippen molar-refractivity contribution in [2.24, 2.45) is 4.99 Å². The molecular weight excluding hydrogens is 777 g/mol. The molecule has 10 aromatic carbocycles. The molecule has 13 rings (SSSR count). The second-order valence-electron chi connectivity index (χ2n) is 16.7. The van der Waals surface area contributed by atoms with E-state index in [1.54, 1.807) is 0 Å². The molecule has 1 unspecified atom stereocenters. The molecule has 0 fully saturated rings. The Morgan fingerprint density at radius 1 is 0.359 bits per heavy atom. The first-order chi connectivity index (χ1) is 31.7. The van der Waals surface area contributed by atoms with Gasteiger partial charge in [-0.25, -0.2) is 0 Å². The van der Waals surface area contributed by atoms with Gasteiger partial charge in [0.25, 0.3) is 0 Å². The Balaban J connectivity index is 0.919. The molecule has 3 heterocycles. The van der Waals surface area contributed by atoms with Crippen molar-refractivity contribution in [3.8, 4) is 33.6 Å². The molecule has 1 aliphatic heterocycles. The van der Waals surface area contributed by atoms with Crippen LogP contribution < -0.4 is 5.32 Å². The van der Waals surface area contributed by atoms with Gasteiger partial charge in [0.2, 0.25) is 0 Å². The standard InChI is InChI=1S/C60H40N4/c1-3-14-39(15-4-1)40-26-28-43(29-27-40)60-61-58(51-36-32-41-16-7-8-19-48(41)59(51)62-60)42-30-34-46(35-31-42)63-53-23-11-9-20-49(53)52-38-44(33-37-55(52)63)47-22-13-25-56-57(47)50-21-10-12-24-54(50)64(56)45-17-5-2-6-18-45/h1-38,60,62H. The lowest BCUT2D eigenvalue weighted by molar-refractivity contribution is 0.830. The molecule has 4 heteroatoms. The predicted molar refractivity (Wildman–Crippen MR) is 268 cm³/mol. The zero-order valence-electron chi connectivity index (χ0n) is 34.9. The van der Waals surface area contributed by atoms with Crippen LogP contribution in [0.5, 0.6) is 0 Å². The van der Waals surface area contributed by atoms with Gasteiger partial charge in [-0.05, 0) is 87.8 Å². The maximum Gasteiger partial charge on any atom is 0.145 e. The minimum absolute atomic E-state index is 0.245. The van der Waals surface area contributed by atoms with Gasteiger partial charge in [0, 0.05) is 49.4 Å². The summed E-state index contributed by atoms with van der Waals surface area (Å²) in [5, 5.41) is 11.2. The van der Waals surface area contributed by atoms with E-state index in [1.807, 2.05) is 0 Å². The normalized spacial score (nSPS) is 13.7. The molecule has 4 nitrogen and oxygen atoms in total. The van der Waals surface area contributed by atoms with Crippen molar-refractivity contribution in [3.05, 3.63) is 247 Å². The number of nitrogens with zero attached hydrogens (tertiary/aromatic N) is 3. The number of aromatic nitrogens is 2. The van der Waals surface area contributed by atoms with Crippen molar-refractivity contribution in [1.82, 2.24) is 9.13 Å². The van der Waals surface area contributed by atoms with Gasteiger partial charge >= 0.3 is 0 Å². The van der Waals surface area contributed by atoms with Crippen LogP contribution in [-0.4, -0.2) is 14.8 Å².